The minimum Gasteiger partial charge on any atom is -0.508 e. The molecular weight excluding hydrogens is 558 g/mol. The predicted octanol–water partition coefficient (Wildman–Crippen LogP) is 6.52. The molecule has 0 unspecified atom stereocenters. The maximum absolute atomic E-state index is 13.4. The highest BCUT2D eigenvalue weighted by atomic mass is 16.6. The van der Waals surface area contributed by atoms with Crippen molar-refractivity contribution in [1.29, 1.82) is 0 Å². The van der Waals surface area contributed by atoms with Crippen LogP contribution in [0.4, 0.5) is 17.1 Å². The second-order valence-electron chi connectivity index (χ2n) is 9.45. The number of benzene rings is 4. The number of nitro groups is 1. The number of rotatable bonds is 6. The van der Waals surface area contributed by atoms with Gasteiger partial charge in [0.05, 0.1) is 44.1 Å². The van der Waals surface area contributed by atoms with Crippen molar-refractivity contribution in [3.8, 4) is 17.2 Å². The summed E-state index contributed by atoms with van der Waals surface area (Å²) in [5.74, 6) is -3.04. The van der Waals surface area contributed by atoms with Gasteiger partial charge >= 0.3 is 11.3 Å². The van der Waals surface area contributed by atoms with E-state index in [9.17, 15) is 35.0 Å². The van der Waals surface area contributed by atoms with Crippen molar-refractivity contribution < 1.29 is 29.1 Å². The molecule has 0 radical (unpaired) electrons. The highest BCUT2D eigenvalue weighted by molar-refractivity contribution is 5.87. The number of azo groups is 1. The monoisotopic (exact) mass is 577 g/mol. The van der Waals surface area contributed by atoms with E-state index in [-0.39, 0.29) is 44.6 Å². The van der Waals surface area contributed by atoms with Crippen molar-refractivity contribution in [2.45, 2.75) is 5.92 Å². The number of phenols is 1. The van der Waals surface area contributed by atoms with Crippen LogP contribution in [-0.4, -0.2) is 20.2 Å². The lowest BCUT2D eigenvalue weighted by Gasteiger charge is -2.20. The van der Waals surface area contributed by atoms with Crippen LogP contribution in [0.1, 0.15) is 22.6 Å². The third kappa shape index (κ3) is 4.82. The Labute approximate surface area is 240 Å². The average molecular weight is 578 g/mol. The minimum atomic E-state index is -1.59. The van der Waals surface area contributed by atoms with E-state index in [0.29, 0.717) is 0 Å². The standard InChI is InChI=1S/C31H19N3O9/c35-22-14-11-17(33-32-16-9-12-18(13-10-16)34(40)41)15-21(22)25(26-28(36)19-5-1-3-7-23(19)42-30(26)38)27-29(37)20-6-2-4-8-24(20)43-31(27)39/h1-15,25,35-37H. The van der Waals surface area contributed by atoms with Crippen LogP contribution in [0.5, 0.6) is 17.2 Å². The lowest BCUT2D eigenvalue weighted by atomic mass is 9.84. The Bertz CT molecular complexity index is 2100. The molecule has 2 aromatic heterocycles. The molecule has 6 aromatic rings. The molecule has 12 nitrogen and oxygen atoms in total. The van der Waals surface area contributed by atoms with Gasteiger partial charge in [0.2, 0.25) is 0 Å². The zero-order valence-electron chi connectivity index (χ0n) is 21.9. The zero-order valence-corrected chi connectivity index (χ0v) is 21.9. The van der Waals surface area contributed by atoms with E-state index in [2.05, 4.69) is 10.2 Å². The predicted molar refractivity (Wildman–Crippen MR) is 155 cm³/mol. The highest BCUT2D eigenvalue weighted by Gasteiger charge is 2.34. The summed E-state index contributed by atoms with van der Waals surface area (Å²) in [4.78, 5) is 37.2. The number of hydrogen-bond donors (Lipinski definition) is 3. The van der Waals surface area contributed by atoms with E-state index in [1.165, 1.54) is 66.7 Å². The third-order valence-electron chi connectivity index (χ3n) is 6.88. The topological polar surface area (TPSA) is 189 Å². The van der Waals surface area contributed by atoms with Gasteiger partial charge in [-0.05, 0) is 54.6 Å². The molecule has 212 valence electrons. The van der Waals surface area contributed by atoms with Crippen LogP contribution in [0.15, 0.2) is 120 Å². The lowest BCUT2D eigenvalue weighted by Crippen LogP contribution is -2.21. The van der Waals surface area contributed by atoms with Crippen LogP contribution in [0.25, 0.3) is 21.9 Å². The number of aromatic hydroxyl groups is 3. The quantitative estimate of drug-likeness (QED) is 0.0856. The minimum absolute atomic E-state index is 0.0807. The molecule has 0 fully saturated rings. The summed E-state index contributed by atoms with van der Waals surface area (Å²) in [5.41, 5.74) is -2.55. The molecule has 0 aliphatic heterocycles. The molecule has 0 aliphatic rings. The first-order chi connectivity index (χ1) is 20.7. The van der Waals surface area contributed by atoms with Crippen LogP contribution < -0.4 is 11.3 Å². The van der Waals surface area contributed by atoms with E-state index in [1.807, 2.05) is 0 Å². The van der Waals surface area contributed by atoms with Gasteiger partial charge in [0.25, 0.3) is 5.69 Å². The molecule has 43 heavy (non-hydrogen) atoms. The molecular formula is C31H19N3O9. The van der Waals surface area contributed by atoms with Gasteiger partial charge in [-0.15, -0.1) is 0 Å². The molecule has 0 saturated heterocycles. The summed E-state index contributed by atoms with van der Waals surface area (Å²) in [7, 11) is 0. The number of hydrogen-bond acceptors (Lipinski definition) is 11. The van der Waals surface area contributed by atoms with Crippen molar-refractivity contribution in [1.82, 2.24) is 0 Å². The first kappa shape index (κ1) is 26.9. The molecule has 3 N–H and O–H groups in total. The van der Waals surface area contributed by atoms with E-state index in [1.54, 1.807) is 24.3 Å². The number of phenolic OH excluding ortho intramolecular Hbond substituents is 1. The van der Waals surface area contributed by atoms with Crippen LogP contribution in [0, 0.1) is 10.1 Å². The highest BCUT2D eigenvalue weighted by Crippen LogP contribution is 2.45. The molecule has 0 amide bonds. The lowest BCUT2D eigenvalue weighted by molar-refractivity contribution is -0.384. The molecule has 12 heteroatoms. The number of fused-ring (bicyclic) bond motifs is 2. The van der Waals surface area contributed by atoms with E-state index in [0.717, 1.165) is 0 Å². The fourth-order valence-electron chi connectivity index (χ4n) is 4.85. The summed E-state index contributed by atoms with van der Waals surface area (Å²) in [6, 6.07) is 21.7. The molecule has 4 aromatic carbocycles. The first-order valence-electron chi connectivity index (χ1n) is 12.7. The average Bonchev–Trinajstić information content (AvgIpc) is 3.00. The van der Waals surface area contributed by atoms with E-state index in [4.69, 9.17) is 8.83 Å². The van der Waals surface area contributed by atoms with Crippen molar-refractivity contribution in [3.05, 3.63) is 139 Å². The molecule has 0 bridgehead atoms. The summed E-state index contributed by atoms with van der Waals surface area (Å²) >= 11 is 0. The fourth-order valence-corrected chi connectivity index (χ4v) is 4.85. The van der Waals surface area contributed by atoms with Crippen LogP contribution >= 0.6 is 0 Å². The van der Waals surface area contributed by atoms with E-state index < -0.39 is 50.5 Å². The zero-order chi connectivity index (χ0) is 30.2. The third-order valence-corrected chi connectivity index (χ3v) is 6.88. The second-order valence-corrected chi connectivity index (χ2v) is 9.45. The van der Waals surface area contributed by atoms with Crippen molar-refractivity contribution in [2.24, 2.45) is 10.2 Å². The Morgan fingerprint density at radius 3 is 1.70 bits per heavy atom. The summed E-state index contributed by atoms with van der Waals surface area (Å²) in [6.07, 6.45) is 0. The van der Waals surface area contributed by atoms with Crippen molar-refractivity contribution >= 4 is 39.0 Å². The van der Waals surface area contributed by atoms with Gasteiger partial charge in [-0.1, -0.05) is 24.3 Å². The Morgan fingerprint density at radius 2 is 1.16 bits per heavy atom. The number of non-ortho nitro benzene ring substituents is 1. The van der Waals surface area contributed by atoms with Gasteiger partial charge in [0.1, 0.15) is 28.4 Å². The summed E-state index contributed by atoms with van der Waals surface area (Å²) < 4.78 is 10.9. The van der Waals surface area contributed by atoms with Gasteiger partial charge in [-0.2, -0.15) is 10.2 Å². The summed E-state index contributed by atoms with van der Waals surface area (Å²) in [6.45, 7) is 0. The Kier molecular flexibility index (Phi) is 6.63. The van der Waals surface area contributed by atoms with Gasteiger partial charge in [-0.25, -0.2) is 9.59 Å². The molecule has 0 atom stereocenters. The molecule has 0 aliphatic carbocycles. The number of nitrogens with zero attached hydrogens (tertiary/aromatic N) is 3. The largest absolute Gasteiger partial charge is 0.508 e. The second kappa shape index (κ2) is 10.6. The van der Waals surface area contributed by atoms with Crippen molar-refractivity contribution in [2.75, 3.05) is 0 Å². The smallest absolute Gasteiger partial charge is 0.344 e. The van der Waals surface area contributed by atoms with E-state index >= 15 is 0 Å². The molecule has 2 heterocycles. The van der Waals surface area contributed by atoms with Gasteiger partial charge in [0, 0.05) is 17.7 Å². The van der Waals surface area contributed by atoms with Gasteiger partial charge in [0.15, 0.2) is 0 Å². The molecule has 0 saturated carbocycles. The Morgan fingerprint density at radius 1 is 0.674 bits per heavy atom. The number of para-hydroxylation sites is 2. The Balaban J connectivity index is 1.59. The van der Waals surface area contributed by atoms with Gasteiger partial charge in [-0.3, -0.25) is 10.1 Å². The van der Waals surface area contributed by atoms with Crippen molar-refractivity contribution in [3.63, 3.8) is 0 Å². The SMILES string of the molecule is O=c1oc2ccccc2c(O)c1C(c1cc(N=Nc2ccc([N+](=O)[O-])cc2)ccc1O)c1c(O)c2ccccc2oc1=O. The van der Waals surface area contributed by atoms with Gasteiger partial charge < -0.3 is 24.2 Å². The fraction of sp³-hybridized carbons (Fsp3) is 0.0323. The Hall–Kier alpha value is -6.30. The summed E-state index contributed by atoms with van der Waals surface area (Å²) in [5, 5.41) is 53.1. The molecule has 0 spiro atoms. The molecule has 6 rings (SSSR count). The normalized spacial score (nSPS) is 11.6. The van der Waals surface area contributed by atoms with Crippen LogP contribution in [0.3, 0.4) is 0 Å². The maximum atomic E-state index is 13.4. The number of nitro benzene ring substituents is 1. The first-order valence-corrected chi connectivity index (χ1v) is 12.7. The van der Waals surface area contributed by atoms with Crippen LogP contribution in [0.2, 0.25) is 0 Å². The van der Waals surface area contributed by atoms with Crippen LogP contribution in [-0.2, 0) is 0 Å². The maximum Gasteiger partial charge on any atom is 0.344 e.